The topological polar surface area (TPSA) is 63.8 Å². The maximum atomic E-state index is 6.43. The van der Waals surface area contributed by atoms with Crippen molar-refractivity contribution in [3.63, 3.8) is 0 Å². The Bertz CT molecular complexity index is 655. The van der Waals surface area contributed by atoms with Gasteiger partial charge in [-0.15, -0.1) is 12.4 Å². The molecule has 0 radical (unpaired) electrons. The fraction of sp³-hybridized carbons (Fsp3) is 0.444. The minimum Gasteiger partial charge on any atom is -0.338 e. The molecule has 6 heteroatoms. The van der Waals surface area contributed by atoms with Crippen LogP contribution in [0.4, 0.5) is 11.5 Å². The molecule has 2 heterocycles. The zero-order chi connectivity index (χ0) is 16.2. The van der Waals surface area contributed by atoms with Crippen LogP contribution in [0, 0.1) is 12.8 Å². The van der Waals surface area contributed by atoms with E-state index in [-0.39, 0.29) is 18.4 Å². The Morgan fingerprint density at radius 1 is 1.17 bits per heavy atom. The van der Waals surface area contributed by atoms with Crippen molar-refractivity contribution in [2.24, 2.45) is 11.7 Å². The van der Waals surface area contributed by atoms with Crippen LogP contribution < -0.4 is 11.1 Å². The third-order valence-corrected chi connectivity index (χ3v) is 4.87. The predicted octanol–water partition coefficient (Wildman–Crippen LogP) is 5.18. The highest BCUT2D eigenvalue weighted by Crippen LogP contribution is 2.34. The number of nitrogens with one attached hydrogen (secondary N) is 1. The molecule has 24 heavy (non-hydrogen) atoms. The molecule has 1 saturated carbocycles. The van der Waals surface area contributed by atoms with Gasteiger partial charge in [0.05, 0.1) is 16.9 Å². The Labute approximate surface area is 154 Å². The van der Waals surface area contributed by atoms with Crippen molar-refractivity contribution in [2.45, 2.75) is 45.1 Å². The van der Waals surface area contributed by atoms with Crippen LogP contribution in [-0.2, 0) is 0 Å². The highest BCUT2D eigenvalue weighted by atomic mass is 35.5. The molecule has 0 saturated heterocycles. The van der Waals surface area contributed by atoms with Crippen LogP contribution >= 0.6 is 24.0 Å². The first kappa shape index (κ1) is 19.0. The molecule has 1 fully saturated rings. The molecule has 0 unspecified atom stereocenters. The van der Waals surface area contributed by atoms with Gasteiger partial charge in [0.1, 0.15) is 5.82 Å². The lowest BCUT2D eigenvalue weighted by molar-refractivity contribution is 0.308. The first-order valence-electron chi connectivity index (χ1n) is 8.24. The second-order valence-electron chi connectivity index (χ2n) is 6.34. The first-order valence-corrected chi connectivity index (χ1v) is 8.62. The summed E-state index contributed by atoms with van der Waals surface area (Å²) < 4.78 is 0. The Kier molecular flexibility index (Phi) is 6.84. The maximum Gasteiger partial charge on any atom is 0.149 e. The van der Waals surface area contributed by atoms with Crippen molar-refractivity contribution in [2.75, 3.05) is 5.32 Å². The van der Waals surface area contributed by atoms with Gasteiger partial charge in [-0.05, 0) is 49.4 Å². The summed E-state index contributed by atoms with van der Waals surface area (Å²) in [5.74, 6) is 1.18. The average Bonchev–Trinajstić information content (AvgIpc) is 2.59. The van der Waals surface area contributed by atoms with Gasteiger partial charge in [0, 0.05) is 17.9 Å². The summed E-state index contributed by atoms with van der Waals surface area (Å²) in [6.45, 7) is 1.95. The number of nitrogens with two attached hydrogens (primary N) is 1. The van der Waals surface area contributed by atoms with Crippen LogP contribution in [0.2, 0.25) is 5.02 Å². The van der Waals surface area contributed by atoms with E-state index in [1.165, 1.54) is 32.1 Å². The van der Waals surface area contributed by atoms with Crippen LogP contribution in [-0.4, -0.2) is 9.97 Å². The van der Waals surface area contributed by atoms with Gasteiger partial charge in [-0.25, -0.2) is 4.98 Å². The average molecular weight is 367 g/mol. The number of hydrogen-bond acceptors (Lipinski definition) is 4. The van der Waals surface area contributed by atoms with Crippen LogP contribution in [0.15, 0.2) is 30.6 Å². The highest BCUT2D eigenvalue weighted by Gasteiger charge is 2.22. The lowest BCUT2D eigenvalue weighted by Crippen LogP contribution is -2.23. The predicted molar refractivity (Wildman–Crippen MR) is 102 cm³/mol. The summed E-state index contributed by atoms with van der Waals surface area (Å²) >= 11 is 6.39. The van der Waals surface area contributed by atoms with Crippen LogP contribution in [0.5, 0.6) is 0 Å². The zero-order valence-corrected chi connectivity index (χ0v) is 15.4. The normalized spacial score (nSPS) is 16.3. The van der Waals surface area contributed by atoms with Crippen LogP contribution in [0.25, 0.3) is 0 Å². The number of rotatable bonds is 4. The van der Waals surface area contributed by atoms with Gasteiger partial charge in [-0.1, -0.05) is 30.9 Å². The minimum atomic E-state index is 0. The van der Waals surface area contributed by atoms with E-state index in [2.05, 4.69) is 15.3 Å². The van der Waals surface area contributed by atoms with Crippen molar-refractivity contribution in [3.05, 3.63) is 46.9 Å². The third-order valence-electron chi connectivity index (χ3n) is 4.58. The molecule has 2 aromatic heterocycles. The van der Waals surface area contributed by atoms with Crippen molar-refractivity contribution < 1.29 is 0 Å². The van der Waals surface area contributed by atoms with E-state index in [0.29, 0.717) is 16.8 Å². The molecule has 3 N–H and O–H groups in total. The lowest BCUT2D eigenvalue weighted by atomic mass is 9.82. The third kappa shape index (κ3) is 4.59. The minimum absolute atomic E-state index is 0. The fourth-order valence-electron chi connectivity index (χ4n) is 3.17. The Morgan fingerprint density at radius 3 is 2.54 bits per heavy atom. The number of halogens is 2. The molecule has 0 spiro atoms. The van der Waals surface area contributed by atoms with E-state index in [4.69, 9.17) is 17.3 Å². The van der Waals surface area contributed by atoms with E-state index >= 15 is 0 Å². The highest BCUT2D eigenvalue weighted by molar-refractivity contribution is 6.33. The van der Waals surface area contributed by atoms with E-state index in [1.807, 2.05) is 31.3 Å². The standard InChI is InChI=1S/C18H23ClN4.ClH/c1-12-7-8-15(11-21-12)23-18-16(19)9-14(10-22-18)17(20)13-5-3-2-4-6-13;/h7-11,13,17H,2-6,20H2,1H3,(H,22,23);1H/t17-;/m1./s1. The van der Waals surface area contributed by atoms with Gasteiger partial charge in [-0.2, -0.15) is 0 Å². The molecule has 4 nitrogen and oxygen atoms in total. The van der Waals surface area contributed by atoms with Gasteiger partial charge in [-0.3, -0.25) is 4.98 Å². The molecule has 130 valence electrons. The lowest BCUT2D eigenvalue weighted by Gasteiger charge is -2.27. The molecule has 1 aliphatic rings. The first-order chi connectivity index (χ1) is 11.1. The molecule has 0 aromatic carbocycles. The van der Waals surface area contributed by atoms with Gasteiger partial charge in [0.2, 0.25) is 0 Å². The second-order valence-corrected chi connectivity index (χ2v) is 6.74. The molecule has 1 atom stereocenters. The Morgan fingerprint density at radius 2 is 1.92 bits per heavy atom. The summed E-state index contributed by atoms with van der Waals surface area (Å²) in [7, 11) is 0. The number of hydrogen-bond donors (Lipinski definition) is 2. The van der Waals surface area contributed by atoms with Crippen molar-refractivity contribution in [1.82, 2.24) is 9.97 Å². The van der Waals surface area contributed by atoms with E-state index in [1.54, 1.807) is 6.20 Å². The SMILES string of the molecule is Cc1ccc(Nc2ncc([C@H](N)C3CCCCC3)cc2Cl)cn1.Cl. The van der Waals surface area contributed by atoms with Crippen molar-refractivity contribution in [3.8, 4) is 0 Å². The summed E-state index contributed by atoms with van der Waals surface area (Å²) in [6.07, 6.45) is 9.90. The maximum absolute atomic E-state index is 6.43. The number of pyridine rings is 2. The van der Waals surface area contributed by atoms with E-state index < -0.39 is 0 Å². The second kappa shape index (κ2) is 8.65. The molecule has 0 aliphatic heterocycles. The quantitative estimate of drug-likeness (QED) is 0.781. The van der Waals surface area contributed by atoms with Gasteiger partial charge >= 0.3 is 0 Å². The van der Waals surface area contributed by atoms with Crippen molar-refractivity contribution in [1.29, 1.82) is 0 Å². The molecular formula is C18H24Cl2N4. The molecule has 0 amide bonds. The zero-order valence-electron chi connectivity index (χ0n) is 13.8. The van der Waals surface area contributed by atoms with Gasteiger partial charge < -0.3 is 11.1 Å². The number of aryl methyl sites for hydroxylation is 1. The monoisotopic (exact) mass is 366 g/mol. The number of nitrogens with zero attached hydrogens (tertiary/aromatic N) is 2. The van der Waals surface area contributed by atoms with E-state index in [0.717, 1.165) is 16.9 Å². The smallest absolute Gasteiger partial charge is 0.149 e. The van der Waals surface area contributed by atoms with Crippen molar-refractivity contribution >= 4 is 35.5 Å². The summed E-state index contributed by atoms with van der Waals surface area (Å²) in [6, 6.07) is 5.87. The molecule has 2 aromatic rings. The summed E-state index contributed by atoms with van der Waals surface area (Å²) in [4.78, 5) is 8.72. The van der Waals surface area contributed by atoms with E-state index in [9.17, 15) is 0 Å². The fourth-order valence-corrected chi connectivity index (χ4v) is 3.39. The molecule has 0 bridgehead atoms. The van der Waals surface area contributed by atoms with Crippen LogP contribution in [0.1, 0.15) is 49.4 Å². The largest absolute Gasteiger partial charge is 0.338 e. The summed E-state index contributed by atoms with van der Waals surface area (Å²) in [5, 5.41) is 3.79. The molecule has 1 aliphatic carbocycles. The van der Waals surface area contributed by atoms with Crippen LogP contribution in [0.3, 0.4) is 0 Å². The number of aromatic nitrogens is 2. The van der Waals surface area contributed by atoms with Gasteiger partial charge in [0.25, 0.3) is 0 Å². The summed E-state index contributed by atoms with van der Waals surface area (Å²) in [5.41, 5.74) is 9.30. The molecule has 3 rings (SSSR count). The Hall–Kier alpha value is -1.36. The Balaban J connectivity index is 0.00000208. The molecular weight excluding hydrogens is 343 g/mol. The van der Waals surface area contributed by atoms with Gasteiger partial charge in [0.15, 0.2) is 0 Å². The number of anilines is 2.